The first kappa shape index (κ1) is 12.8. The normalized spacial score (nSPS) is 13.0. The van der Waals surface area contributed by atoms with Crippen molar-refractivity contribution in [2.45, 2.75) is 32.9 Å². The van der Waals surface area contributed by atoms with E-state index in [9.17, 15) is 4.79 Å². The lowest BCUT2D eigenvalue weighted by Crippen LogP contribution is -2.33. The van der Waals surface area contributed by atoms with Crippen molar-refractivity contribution in [3.63, 3.8) is 0 Å². The van der Waals surface area contributed by atoms with Crippen molar-refractivity contribution < 1.29 is 0 Å². The third kappa shape index (κ3) is 3.38. The number of rotatable bonds is 5. The molecule has 4 heteroatoms. The summed E-state index contributed by atoms with van der Waals surface area (Å²) in [5, 5.41) is 0. The fourth-order valence-corrected chi connectivity index (χ4v) is 1.52. The van der Waals surface area contributed by atoms with Gasteiger partial charge >= 0.3 is 0 Å². The fraction of sp³-hybridized carbons (Fsp3) is 0.583. The number of likely N-dealkylation sites (N-methyl/N-ethyl adjacent to an activating group) is 1. The SMILES string of the molecule is CCC(C)N(C)CCn1cc(N)ccc1=O. The lowest BCUT2D eigenvalue weighted by atomic mass is 10.2. The second kappa shape index (κ2) is 5.70. The minimum Gasteiger partial charge on any atom is -0.398 e. The molecule has 4 nitrogen and oxygen atoms in total. The topological polar surface area (TPSA) is 51.3 Å². The predicted molar refractivity (Wildman–Crippen MR) is 67.5 cm³/mol. The lowest BCUT2D eigenvalue weighted by Gasteiger charge is -2.23. The quantitative estimate of drug-likeness (QED) is 0.815. The molecule has 0 aliphatic heterocycles. The first-order chi connectivity index (χ1) is 7.54. The smallest absolute Gasteiger partial charge is 0.250 e. The maximum atomic E-state index is 11.5. The summed E-state index contributed by atoms with van der Waals surface area (Å²) in [5.74, 6) is 0. The van der Waals surface area contributed by atoms with Gasteiger partial charge in [0.25, 0.3) is 5.56 Å². The van der Waals surface area contributed by atoms with E-state index in [4.69, 9.17) is 5.73 Å². The Kier molecular flexibility index (Phi) is 4.55. The molecule has 1 heterocycles. The van der Waals surface area contributed by atoms with E-state index in [-0.39, 0.29) is 5.56 Å². The minimum atomic E-state index is 0.00625. The summed E-state index contributed by atoms with van der Waals surface area (Å²) in [4.78, 5) is 13.8. The van der Waals surface area contributed by atoms with Crippen LogP contribution in [-0.4, -0.2) is 29.1 Å². The van der Waals surface area contributed by atoms with E-state index >= 15 is 0 Å². The third-order valence-electron chi connectivity index (χ3n) is 3.04. The number of aromatic nitrogens is 1. The van der Waals surface area contributed by atoms with Crippen molar-refractivity contribution in [3.8, 4) is 0 Å². The van der Waals surface area contributed by atoms with Crippen molar-refractivity contribution in [1.29, 1.82) is 0 Å². The molecule has 1 rings (SSSR count). The standard InChI is InChI=1S/C12H21N3O/c1-4-10(2)14(3)7-8-15-9-11(13)5-6-12(15)16/h5-6,9-10H,4,7-8,13H2,1-3H3. The van der Waals surface area contributed by atoms with Crippen LogP contribution in [0.15, 0.2) is 23.1 Å². The summed E-state index contributed by atoms with van der Waals surface area (Å²) in [7, 11) is 2.07. The summed E-state index contributed by atoms with van der Waals surface area (Å²) in [6, 6.07) is 3.69. The first-order valence-electron chi connectivity index (χ1n) is 5.70. The number of hydrogen-bond acceptors (Lipinski definition) is 3. The molecular weight excluding hydrogens is 202 g/mol. The maximum absolute atomic E-state index is 11.5. The van der Waals surface area contributed by atoms with Crippen molar-refractivity contribution in [2.24, 2.45) is 0 Å². The Morgan fingerprint density at radius 1 is 1.50 bits per heavy atom. The summed E-state index contributed by atoms with van der Waals surface area (Å²) in [6.45, 7) is 5.89. The summed E-state index contributed by atoms with van der Waals surface area (Å²) >= 11 is 0. The molecule has 2 N–H and O–H groups in total. The number of anilines is 1. The average Bonchev–Trinajstić information content (AvgIpc) is 2.28. The molecule has 1 aromatic rings. The van der Waals surface area contributed by atoms with Crippen LogP contribution in [0.3, 0.4) is 0 Å². The number of nitrogens with two attached hydrogens (primary N) is 1. The van der Waals surface area contributed by atoms with Crippen molar-refractivity contribution in [3.05, 3.63) is 28.7 Å². The molecule has 0 aliphatic carbocycles. The highest BCUT2D eigenvalue weighted by Gasteiger charge is 2.06. The monoisotopic (exact) mass is 223 g/mol. The molecule has 0 fully saturated rings. The lowest BCUT2D eigenvalue weighted by molar-refractivity contribution is 0.241. The Bertz CT molecular complexity index is 386. The molecule has 0 spiro atoms. The van der Waals surface area contributed by atoms with E-state index in [0.717, 1.165) is 13.0 Å². The summed E-state index contributed by atoms with van der Waals surface area (Å²) in [5.41, 5.74) is 6.28. The molecule has 0 aliphatic rings. The molecule has 90 valence electrons. The van der Waals surface area contributed by atoms with Crippen molar-refractivity contribution in [2.75, 3.05) is 19.3 Å². The minimum absolute atomic E-state index is 0.00625. The van der Waals surface area contributed by atoms with E-state index in [1.165, 1.54) is 6.07 Å². The van der Waals surface area contributed by atoms with Gasteiger partial charge in [0, 0.05) is 37.1 Å². The number of pyridine rings is 1. The van der Waals surface area contributed by atoms with E-state index in [2.05, 4.69) is 25.8 Å². The highest BCUT2D eigenvalue weighted by atomic mass is 16.1. The van der Waals surface area contributed by atoms with Crippen LogP contribution in [0.25, 0.3) is 0 Å². The third-order valence-corrected chi connectivity index (χ3v) is 3.04. The van der Waals surface area contributed by atoms with Crippen LogP contribution in [0, 0.1) is 0 Å². The van der Waals surface area contributed by atoms with Crippen LogP contribution in [0.1, 0.15) is 20.3 Å². The molecule has 0 saturated heterocycles. The Balaban J connectivity index is 2.61. The molecule has 1 unspecified atom stereocenters. The second-order valence-electron chi connectivity index (χ2n) is 4.23. The second-order valence-corrected chi connectivity index (χ2v) is 4.23. The number of hydrogen-bond donors (Lipinski definition) is 1. The van der Waals surface area contributed by atoms with E-state index in [1.807, 2.05) is 0 Å². The molecule has 1 aromatic heterocycles. The van der Waals surface area contributed by atoms with Gasteiger partial charge in [-0.05, 0) is 26.5 Å². The van der Waals surface area contributed by atoms with Gasteiger partial charge in [0.2, 0.25) is 0 Å². The summed E-state index contributed by atoms with van der Waals surface area (Å²) in [6.07, 6.45) is 2.81. The predicted octanol–water partition coefficient (Wildman–Crippen LogP) is 1.16. The van der Waals surface area contributed by atoms with Gasteiger partial charge in [-0.1, -0.05) is 6.92 Å². The first-order valence-corrected chi connectivity index (χ1v) is 5.70. The Morgan fingerprint density at radius 2 is 2.19 bits per heavy atom. The van der Waals surface area contributed by atoms with Gasteiger partial charge in [0.15, 0.2) is 0 Å². The van der Waals surface area contributed by atoms with Crippen LogP contribution >= 0.6 is 0 Å². The van der Waals surface area contributed by atoms with Crippen LogP contribution in [0.4, 0.5) is 5.69 Å². The molecule has 0 amide bonds. The van der Waals surface area contributed by atoms with Gasteiger partial charge in [-0.25, -0.2) is 0 Å². The van der Waals surface area contributed by atoms with Gasteiger partial charge < -0.3 is 15.2 Å². The zero-order valence-electron chi connectivity index (χ0n) is 10.3. The molecular formula is C12H21N3O. The Labute approximate surface area is 96.7 Å². The summed E-state index contributed by atoms with van der Waals surface area (Å²) < 4.78 is 1.66. The molecule has 16 heavy (non-hydrogen) atoms. The maximum Gasteiger partial charge on any atom is 0.250 e. The van der Waals surface area contributed by atoms with E-state index in [0.29, 0.717) is 18.3 Å². The largest absolute Gasteiger partial charge is 0.398 e. The highest BCUT2D eigenvalue weighted by Crippen LogP contribution is 2.01. The number of nitrogens with zero attached hydrogens (tertiary/aromatic N) is 2. The van der Waals surface area contributed by atoms with E-state index in [1.54, 1.807) is 16.8 Å². The van der Waals surface area contributed by atoms with Gasteiger partial charge in [0.05, 0.1) is 0 Å². The fourth-order valence-electron chi connectivity index (χ4n) is 1.52. The molecule has 0 aromatic carbocycles. The molecule has 1 atom stereocenters. The van der Waals surface area contributed by atoms with Gasteiger partial charge in [-0.3, -0.25) is 4.79 Å². The van der Waals surface area contributed by atoms with Crippen LogP contribution in [0.5, 0.6) is 0 Å². The molecule has 0 bridgehead atoms. The van der Waals surface area contributed by atoms with Crippen molar-refractivity contribution in [1.82, 2.24) is 9.47 Å². The highest BCUT2D eigenvalue weighted by molar-refractivity contribution is 5.33. The van der Waals surface area contributed by atoms with Gasteiger partial charge in [-0.15, -0.1) is 0 Å². The van der Waals surface area contributed by atoms with Gasteiger partial charge in [0.1, 0.15) is 0 Å². The zero-order valence-corrected chi connectivity index (χ0v) is 10.3. The number of nitrogen functional groups attached to an aromatic ring is 1. The van der Waals surface area contributed by atoms with Gasteiger partial charge in [-0.2, -0.15) is 0 Å². The average molecular weight is 223 g/mol. The van der Waals surface area contributed by atoms with E-state index < -0.39 is 0 Å². The zero-order chi connectivity index (χ0) is 12.1. The molecule has 0 radical (unpaired) electrons. The molecule has 0 saturated carbocycles. The Morgan fingerprint density at radius 3 is 2.81 bits per heavy atom. The van der Waals surface area contributed by atoms with Crippen molar-refractivity contribution >= 4 is 5.69 Å². The van der Waals surface area contributed by atoms with Crippen LogP contribution in [-0.2, 0) is 6.54 Å². The Hall–Kier alpha value is -1.29. The van der Waals surface area contributed by atoms with Crippen LogP contribution in [0.2, 0.25) is 0 Å². The van der Waals surface area contributed by atoms with Crippen LogP contribution < -0.4 is 11.3 Å².